The van der Waals surface area contributed by atoms with Crippen LogP contribution in [-0.4, -0.2) is 46.8 Å². The predicted molar refractivity (Wildman–Crippen MR) is 103 cm³/mol. The van der Waals surface area contributed by atoms with E-state index in [0.29, 0.717) is 18.7 Å². The maximum absolute atomic E-state index is 11.1. The number of primary amides is 1. The highest BCUT2D eigenvalue weighted by atomic mass is 16.3. The Balaban J connectivity index is 1.88. The summed E-state index contributed by atoms with van der Waals surface area (Å²) >= 11 is 0. The van der Waals surface area contributed by atoms with Crippen LogP contribution < -0.4 is 5.73 Å². The van der Waals surface area contributed by atoms with Crippen LogP contribution >= 0.6 is 0 Å². The predicted octanol–water partition coefficient (Wildman–Crippen LogP) is 2.13. The van der Waals surface area contributed by atoms with Gasteiger partial charge in [-0.3, -0.25) is 9.69 Å². The Hall–Kier alpha value is -2.21. The Morgan fingerprint density at radius 2 is 1.69 bits per heavy atom. The third-order valence-electron chi connectivity index (χ3n) is 4.32. The van der Waals surface area contributed by atoms with Gasteiger partial charge in [0.1, 0.15) is 0 Å². The van der Waals surface area contributed by atoms with E-state index < -0.39 is 18.1 Å². The van der Waals surface area contributed by atoms with Crippen LogP contribution in [0.1, 0.15) is 40.9 Å². The molecule has 2 atom stereocenters. The zero-order valence-corrected chi connectivity index (χ0v) is 15.2. The van der Waals surface area contributed by atoms with Crippen molar-refractivity contribution in [3.05, 3.63) is 71.3 Å². The lowest BCUT2D eigenvalue weighted by Gasteiger charge is -2.26. The molecule has 0 saturated carbocycles. The molecule has 0 fully saturated rings. The summed E-state index contributed by atoms with van der Waals surface area (Å²) in [7, 11) is 0. The number of nitrogens with zero attached hydrogens (tertiary/aromatic N) is 1. The number of nitrogens with two attached hydrogens (primary N) is 1. The lowest BCUT2D eigenvalue weighted by atomic mass is 10.1. The molecule has 0 aromatic heterocycles. The van der Waals surface area contributed by atoms with E-state index in [0.717, 1.165) is 30.5 Å². The Labute approximate surface area is 155 Å². The molecule has 2 rings (SSSR count). The van der Waals surface area contributed by atoms with Crippen LogP contribution in [0.4, 0.5) is 0 Å². The lowest BCUT2D eigenvalue weighted by Crippen LogP contribution is -2.35. The zero-order valence-electron chi connectivity index (χ0n) is 15.2. The van der Waals surface area contributed by atoms with Crippen LogP contribution in [0.3, 0.4) is 0 Å². The van der Waals surface area contributed by atoms with Gasteiger partial charge in [-0.05, 0) is 49.6 Å². The molecule has 5 heteroatoms. The molecule has 2 aromatic carbocycles. The fourth-order valence-electron chi connectivity index (χ4n) is 3.00. The Kier molecular flexibility index (Phi) is 7.78. The second-order valence-corrected chi connectivity index (χ2v) is 6.70. The van der Waals surface area contributed by atoms with E-state index in [4.69, 9.17) is 5.73 Å². The van der Waals surface area contributed by atoms with Gasteiger partial charge in [0, 0.05) is 18.7 Å². The number of amides is 1. The Bertz CT molecular complexity index is 671. The maximum atomic E-state index is 11.1. The first kappa shape index (κ1) is 20.1. The molecule has 0 radical (unpaired) electrons. The first-order valence-corrected chi connectivity index (χ1v) is 8.98. The van der Waals surface area contributed by atoms with E-state index >= 15 is 0 Å². The largest absolute Gasteiger partial charge is 0.392 e. The number of aliphatic hydroxyl groups excluding tert-OH is 2. The third kappa shape index (κ3) is 6.59. The van der Waals surface area contributed by atoms with Gasteiger partial charge in [0.15, 0.2) is 0 Å². The minimum Gasteiger partial charge on any atom is -0.392 e. The van der Waals surface area contributed by atoms with Gasteiger partial charge in [0.05, 0.1) is 12.2 Å². The van der Waals surface area contributed by atoms with E-state index in [2.05, 4.69) is 4.90 Å². The van der Waals surface area contributed by atoms with Crippen LogP contribution in [0.2, 0.25) is 0 Å². The van der Waals surface area contributed by atoms with Crippen LogP contribution in [0, 0.1) is 0 Å². The van der Waals surface area contributed by atoms with Gasteiger partial charge in [-0.25, -0.2) is 0 Å². The highest BCUT2D eigenvalue weighted by Gasteiger charge is 2.15. The smallest absolute Gasteiger partial charge is 0.248 e. The fraction of sp³-hybridized carbons (Fsp3) is 0.381. The standard InChI is InChI=1S/C21H28N2O3/c1-16(24)14-23(15-20(25)18-7-3-2-4-8-18)13-5-6-17-9-11-19(12-10-17)21(22)26/h2-4,7-12,16,20,24-25H,5-6,13-15H2,1H3,(H2,22,26)/t16?,20-/m0/s1. The molecule has 0 aliphatic heterocycles. The maximum Gasteiger partial charge on any atom is 0.248 e. The summed E-state index contributed by atoms with van der Waals surface area (Å²) in [6, 6.07) is 16.9. The van der Waals surface area contributed by atoms with E-state index in [9.17, 15) is 15.0 Å². The van der Waals surface area contributed by atoms with Crippen molar-refractivity contribution < 1.29 is 15.0 Å². The molecular weight excluding hydrogens is 328 g/mol. The van der Waals surface area contributed by atoms with Crippen LogP contribution in [-0.2, 0) is 6.42 Å². The van der Waals surface area contributed by atoms with Gasteiger partial charge in [-0.15, -0.1) is 0 Å². The van der Waals surface area contributed by atoms with E-state index in [-0.39, 0.29) is 0 Å². The zero-order chi connectivity index (χ0) is 18.9. The second-order valence-electron chi connectivity index (χ2n) is 6.70. The topological polar surface area (TPSA) is 86.8 Å². The van der Waals surface area contributed by atoms with Crippen molar-refractivity contribution in [2.24, 2.45) is 5.73 Å². The highest BCUT2D eigenvalue weighted by Crippen LogP contribution is 2.15. The number of hydrogen-bond donors (Lipinski definition) is 3. The molecule has 26 heavy (non-hydrogen) atoms. The molecule has 140 valence electrons. The van der Waals surface area contributed by atoms with E-state index in [1.807, 2.05) is 42.5 Å². The summed E-state index contributed by atoms with van der Waals surface area (Å²) in [6.07, 6.45) is 0.721. The second kappa shape index (κ2) is 10.1. The summed E-state index contributed by atoms with van der Waals surface area (Å²) in [6.45, 7) is 3.52. The molecule has 1 unspecified atom stereocenters. The van der Waals surface area contributed by atoms with Gasteiger partial charge < -0.3 is 15.9 Å². The monoisotopic (exact) mass is 356 g/mol. The van der Waals surface area contributed by atoms with Gasteiger partial charge in [-0.2, -0.15) is 0 Å². The third-order valence-corrected chi connectivity index (χ3v) is 4.32. The van der Waals surface area contributed by atoms with Gasteiger partial charge in [0.25, 0.3) is 0 Å². The van der Waals surface area contributed by atoms with E-state index in [1.165, 1.54) is 0 Å². The molecule has 0 aliphatic carbocycles. The van der Waals surface area contributed by atoms with Crippen LogP contribution in [0.15, 0.2) is 54.6 Å². The van der Waals surface area contributed by atoms with Gasteiger partial charge >= 0.3 is 0 Å². The highest BCUT2D eigenvalue weighted by molar-refractivity contribution is 5.92. The average molecular weight is 356 g/mol. The molecule has 1 amide bonds. The summed E-state index contributed by atoms with van der Waals surface area (Å²) in [5, 5.41) is 20.2. The van der Waals surface area contributed by atoms with Crippen molar-refractivity contribution in [1.29, 1.82) is 0 Å². The molecule has 0 saturated heterocycles. The lowest BCUT2D eigenvalue weighted by molar-refractivity contribution is 0.0752. The molecule has 0 bridgehead atoms. The molecule has 2 aromatic rings. The number of carbonyl (C=O) groups is 1. The van der Waals surface area contributed by atoms with Crippen molar-refractivity contribution in [3.8, 4) is 0 Å². The van der Waals surface area contributed by atoms with Crippen molar-refractivity contribution >= 4 is 5.91 Å². The SMILES string of the molecule is CC(O)CN(CCCc1ccc(C(N)=O)cc1)C[C@H](O)c1ccccc1. The van der Waals surface area contributed by atoms with Crippen molar-refractivity contribution in [2.75, 3.05) is 19.6 Å². The van der Waals surface area contributed by atoms with Crippen molar-refractivity contribution in [1.82, 2.24) is 4.90 Å². The molecule has 0 aliphatic rings. The average Bonchev–Trinajstić information content (AvgIpc) is 2.62. The number of aliphatic hydroxyl groups is 2. The summed E-state index contributed by atoms with van der Waals surface area (Å²) in [5.41, 5.74) is 7.78. The quantitative estimate of drug-likeness (QED) is 0.609. The number of carbonyl (C=O) groups excluding carboxylic acids is 1. The number of aryl methyl sites for hydroxylation is 1. The first-order chi connectivity index (χ1) is 12.5. The molecule has 4 N–H and O–H groups in total. The summed E-state index contributed by atoms with van der Waals surface area (Å²) in [5.74, 6) is -0.422. The van der Waals surface area contributed by atoms with Gasteiger partial charge in [-0.1, -0.05) is 42.5 Å². The summed E-state index contributed by atoms with van der Waals surface area (Å²) < 4.78 is 0. The molecular formula is C21H28N2O3. The minimum absolute atomic E-state index is 0.422. The van der Waals surface area contributed by atoms with Crippen LogP contribution in [0.25, 0.3) is 0 Å². The van der Waals surface area contributed by atoms with Crippen molar-refractivity contribution in [2.45, 2.75) is 32.0 Å². The summed E-state index contributed by atoms with van der Waals surface area (Å²) in [4.78, 5) is 13.2. The van der Waals surface area contributed by atoms with Gasteiger partial charge in [0.2, 0.25) is 5.91 Å². The molecule has 0 heterocycles. The fourth-order valence-corrected chi connectivity index (χ4v) is 3.00. The first-order valence-electron chi connectivity index (χ1n) is 8.98. The Morgan fingerprint density at radius 1 is 1.04 bits per heavy atom. The van der Waals surface area contributed by atoms with Crippen molar-refractivity contribution in [3.63, 3.8) is 0 Å². The molecule has 0 spiro atoms. The van der Waals surface area contributed by atoms with E-state index in [1.54, 1.807) is 19.1 Å². The Morgan fingerprint density at radius 3 is 2.27 bits per heavy atom. The number of benzene rings is 2. The van der Waals surface area contributed by atoms with Crippen LogP contribution in [0.5, 0.6) is 0 Å². The molecule has 5 nitrogen and oxygen atoms in total. The normalized spacial score (nSPS) is 13.5. The number of hydrogen-bond acceptors (Lipinski definition) is 4. The minimum atomic E-state index is -0.579. The number of rotatable bonds is 10.